The second-order valence-electron chi connectivity index (χ2n) is 6.09. The molecule has 0 radical (unpaired) electrons. The summed E-state index contributed by atoms with van der Waals surface area (Å²) in [5, 5.41) is 19.2. The summed E-state index contributed by atoms with van der Waals surface area (Å²) < 4.78 is 12.0. The lowest BCUT2D eigenvalue weighted by atomic mass is 9.84. The quantitative estimate of drug-likeness (QED) is 0.606. The molecule has 3 rings (SSSR count). The van der Waals surface area contributed by atoms with Gasteiger partial charge in [0.1, 0.15) is 0 Å². The van der Waals surface area contributed by atoms with Gasteiger partial charge >= 0.3 is 0 Å². The highest BCUT2D eigenvalue weighted by Gasteiger charge is 2.64. The molecule has 2 N–H and O–H groups in total. The fourth-order valence-electron chi connectivity index (χ4n) is 4.40. The van der Waals surface area contributed by atoms with Crippen molar-refractivity contribution in [1.82, 2.24) is 0 Å². The third-order valence-electron chi connectivity index (χ3n) is 5.11. The predicted octanol–water partition coefficient (Wildman–Crippen LogP) is 1.67. The van der Waals surface area contributed by atoms with Crippen LogP contribution < -0.4 is 0 Å². The van der Waals surface area contributed by atoms with Gasteiger partial charge < -0.3 is 19.7 Å². The van der Waals surface area contributed by atoms with Crippen LogP contribution in [0.5, 0.6) is 0 Å². The van der Waals surface area contributed by atoms with Gasteiger partial charge in [-0.3, -0.25) is 0 Å². The van der Waals surface area contributed by atoms with Gasteiger partial charge in [-0.2, -0.15) is 0 Å². The maximum Gasteiger partial charge on any atom is 0.184 e. The monoisotopic (exact) mass is 334 g/mol. The summed E-state index contributed by atoms with van der Waals surface area (Å²) in [6, 6.07) is 0. The van der Waals surface area contributed by atoms with Gasteiger partial charge in [0.2, 0.25) is 0 Å². The Bertz CT molecular complexity index is 319. The summed E-state index contributed by atoms with van der Waals surface area (Å²) in [5.41, 5.74) is 0. The molecule has 1 saturated heterocycles. The van der Waals surface area contributed by atoms with E-state index in [0.29, 0.717) is 31.0 Å². The number of hydrogen-bond acceptors (Lipinski definition) is 4. The van der Waals surface area contributed by atoms with Crippen LogP contribution in [0.25, 0.3) is 0 Å². The van der Waals surface area contributed by atoms with Crippen LogP contribution in [0.3, 0.4) is 0 Å². The molecule has 0 bridgehead atoms. The summed E-state index contributed by atoms with van der Waals surface area (Å²) >= 11 is 3.71. The highest BCUT2D eigenvalue weighted by molar-refractivity contribution is 9.09. The van der Waals surface area contributed by atoms with Crippen LogP contribution in [0.4, 0.5) is 0 Å². The molecule has 0 aromatic rings. The summed E-state index contributed by atoms with van der Waals surface area (Å²) in [6.07, 6.45) is 4.47. The topological polar surface area (TPSA) is 58.9 Å². The molecule has 0 aromatic heterocycles. The summed E-state index contributed by atoms with van der Waals surface area (Å²) in [7, 11) is 0. The van der Waals surface area contributed by atoms with Crippen molar-refractivity contribution in [3.63, 3.8) is 0 Å². The largest absolute Gasteiger partial charge is 0.396 e. The first kappa shape index (κ1) is 14.3. The predicted molar refractivity (Wildman–Crippen MR) is 74.0 cm³/mol. The van der Waals surface area contributed by atoms with Crippen molar-refractivity contribution in [2.45, 2.75) is 48.8 Å². The number of hydrogen-bond donors (Lipinski definition) is 2. The lowest BCUT2D eigenvalue weighted by Gasteiger charge is -2.35. The minimum Gasteiger partial charge on any atom is -0.396 e. The summed E-state index contributed by atoms with van der Waals surface area (Å²) in [5.74, 6) is 0.535. The Morgan fingerprint density at radius 3 is 2.58 bits per heavy atom. The second-order valence-corrected chi connectivity index (χ2v) is 7.20. The van der Waals surface area contributed by atoms with Gasteiger partial charge in [0.15, 0.2) is 5.79 Å². The number of ether oxygens (including phenoxy) is 2. The molecule has 1 unspecified atom stereocenters. The van der Waals surface area contributed by atoms with Crippen LogP contribution in [-0.4, -0.2) is 46.8 Å². The van der Waals surface area contributed by atoms with Crippen LogP contribution in [0, 0.1) is 17.8 Å². The molecule has 1 heterocycles. The van der Waals surface area contributed by atoms with Crippen LogP contribution >= 0.6 is 15.9 Å². The van der Waals surface area contributed by atoms with E-state index in [9.17, 15) is 5.11 Å². The Morgan fingerprint density at radius 1 is 1.16 bits per heavy atom. The molecule has 110 valence electrons. The first-order valence-corrected chi connectivity index (χ1v) is 8.31. The number of halogens is 1. The van der Waals surface area contributed by atoms with E-state index in [1.807, 2.05) is 0 Å². The highest BCUT2D eigenvalue weighted by atomic mass is 79.9. The smallest absolute Gasteiger partial charge is 0.184 e. The molecule has 3 fully saturated rings. The first-order chi connectivity index (χ1) is 9.19. The molecule has 4 nitrogen and oxygen atoms in total. The number of rotatable bonds is 4. The van der Waals surface area contributed by atoms with Gasteiger partial charge in [-0.1, -0.05) is 22.4 Å². The lowest BCUT2D eigenvalue weighted by Crippen LogP contribution is -2.44. The lowest BCUT2D eigenvalue weighted by molar-refractivity contribution is -0.189. The molecular weight excluding hydrogens is 312 g/mol. The molecule has 2 saturated carbocycles. The SMILES string of the molecule is OCCCC[C@H]1C[C@@H](O)[C@@H]2CC(Br)C3(OCCO3)[C@H]12. The first-order valence-electron chi connectivity index (χ1n) is 7.40. The standard InChI is InChI=1S/C14H23BrO4/c15-12-8-10-11(17)7-9(3-1-2-4-16)13(10)14(12)18-5-6-19-14/h9-13,16-17H,1-8H2/t9-,10-,11+,12?,13+/m0/s1. The van der Waals surface area contributed by atoms with Gasteiger partial charge in [-0.25, -0.2) is 0 Å². The van der Waals surface area contributed by atoms with Crippen molar-refractivity contribution in [3.05, 3.63) is 0 Å². The van der Waals surface area contributed by atoms with E-state index in [2.05, 4.69) is 15.9 Å². The average molecular weight is 335 g/mol. The molecule has 1 aliphatic heterocycles. The van der Waals surface area contributed by atoms with Crippen molar-refractivity contribution in [2.75, 3.05) is 19.8 Å². The zero-order valence-corrected chi connectivity index (χ0v) is 12.7. The van der Waals surface area contributed by atoms with Crippen molar-refractivity contribution in [3.8, 4) is 0 Å². The van der Waals surface area contributed by atoms with E-state index in [-0.39, 0.29) is 17.5 Å². The fourth-order valence-corrected chi connectivity index (χ4v) is 5.40. The molecule has 3 aliphatic rings. The fraction of sp³-hybridized carbons (Fsp3) is 1.00. The van der Waals surface area contributed by atoms with Gasteiger partial charge in [-0.05, 0) is 37.5 Å². The molecule has 1 spiro atoms. The van der Waals surface area contributed by atoms with E-state index in [1.54, 1.807) is 0 Å². The number of aliphatic hydroxyl groups is 2. The van der Waals surface area contributed by atoms with E-state index in [0.717, 1.165) is 32.1 Å². The van der Waals surface area contributed by atoms with Gasteiger partial charge in [0.05, 0.1) is 24.1 Å². The van der Waals surface area contributed by atoms with Crippen LogP contribution in [0.15, 0.2) is 0 Å². The van der Waals surface area contributed by atoms with Crippen LogP contribution in [0.1, 0.15) is 32.1 Å². The Labute approximate surface area is 122 Å². The van der Waals surface area contributed by atoms with E-state index in [1.165, 1.54) is 0 Å². The highest BCUT2D eigenvalue weighted by Crippen LogP contribution is 2.59. The minimum absolute atomic E-state index is 0.188. The molecule has 0 aromatic carbocycles. The Kier molecular flexibility index (Phi) is 4.21. The van der Waals surface area contributed by atoms with Crippen molar-refractivity contribution in [2.24, 2.45) is 17.8 Å². The molecule has 5 atom stereocenters. The zero-order valence-electron chi connectivity index (χ0n) is 11.1. The number of fused-ring (bicyclic) bond motifs is 2. The Hall–Kier alpha value is 0.320. The van der Waals surface area contributed by atoms with Crippen molar-refractivity contribution in [1.29, 1.82) is 0 Å². The maximum absolute atomic E-state index is 10.3. The average Bonchev–Trinajstić information content (AvgIpc) is 3.04. The summed E-state index contributed by atoms with van der Waals surface area (Å²) in [4.78, 5) is 0.188. The number of aliphatic hydroxyl groups excluding tert-OH is 2. The van der Waals surface area contributed by atoms with E-state index in [4.69, 9.17) is 14.6 Å². The molecule has 19 heavy (non-hydrogen) atoms. The van der Waals surface area contributed by atoms with Gasteiger partial charge in [0, 0.05) is 12.5 Å². The van der Waals surface area contributed by atoms with Gasteiger partial charge in [0.25, 0.3) is 0 Å². The molecule has 2 aliphatic carbocycles. The molecular formula is C14H23BrO4. The Morgan fingerprint density at radius 2 is 1.89 bits per heavy atom. The zero-order chi connectivity index (χ0) is 13.5. The molecule has 5 heteroatoms. The number of unbranched alkanes of at least 4 members (excludes halogenated alkanes) is 1. The van der Waals surface area contributed by atoms with Crippen molar-refractivity contribution >= 4 is 15.9 Å². The van der Waals surface area contributed by atoms with Crippen LogP contribution in [0.2, 0.25) is 0 Å². The van der Waals surface area contributed by atoms with Gasteiger partial charge in [-0.15, -0.1) is 0 Å². The van der Waals surface area contributed by atoms with E-state index < -0.39 is 5.79 Å². The van der Waals surface area contributed by atoms with Crippen LogP contribution in [-0.2, 0) is 9.47 Å². The van der Waals surface area contributed by atoms with Crippen molar-refractivity contribution < 1.29 is 19.7 Å². The normalized spacial score (nSPS) is 44.1. The number of alkyl halides is 1. The molecule has 0 amide bonds. The Balaban J connectivity index is 1.76. The third-order valence-corrected chi connectivity index (χ3v) is 6.12. The minimum atomic E-state index is -0.508. The third kappa shape index (κ3) is 2.27. The maximum atomic E-state index is 10.3. The van der Waals surface area contributed by atoms with E-state index >= 15 is 0 Å². The summed E-state index contributed by atoms with van der Waals surface area (Å²) in [6.45, 7) is 1.57. The second kappa shape index (κ2) is 5.60.